The quantitative estimate of drug-likeness (QED) is 0.530. The lowest BCUT2D eigenvalue weighted by Crippen LogP contribution is -2.02. The van der Waals surface area contributed by atoms with Crippen LogP contribution in [0.1, 0.15) is 4.88 Å². The van der Waals surface area contributed by atoms with Crippen molar-refractivity contribution in [2.75, 3.05) is 5.32 Å². The molecule has 19 heavy (non-hydrogen) atoms. The van der Waals surface area contributed by atoms with E-state index in [0.717, 1.165) is 17.4 Å². The summed E-state index contributed by atoms with van der Waals surface area (Å²) in [4.78, 5) is 10.5. The Morgan fingerprint density at radius 2 is 2.00 bits per heavy atom. The predicted octanol–water partition coefficient (Wildman–Crippen LogP) is 3.69. The van der Waals surface area contributed by atoms with Gasteiger partial charge in [-0.2, -0.15) is 0 Å². The highest BCUT2D eigenvalue weighted by atomic mass is 32.1. The smallest absolute Gasteiger partial charge is 0.324 e. The van der Waals surface area contributed by atoms with Crippen LogP contribution in [0.25, 0.3) is 0 Å². The van der Waals surface area contributed by atoms with E-state index in [9.17, 15) is 23.3 Å². The molecule has 1 aromatic heterocycles. The van der Waals surface area contributed by atoms with Gasteiger partial charge in [0.15, 0.2) is 11.6 Å². The lowest BCUT2D eigenvalue weighted by atomic mass is 10.2. The molecule has 100 valence electrons. The van der Waals surface area contributed by atoms with E-state index < -0.39 is 22.4 Å². The molecule has 1 aromatic carbocycles. The molecule has 0 unspecified atom stereocenters. The molecule has 0 saturated heterocycles. The molecule has 1 heterocycles. The van der Waals surface area contributed by atoms with E-state index in [1.54, 1.807) is 0 Å². The molecule has 0 radical (unpaired) electrons. The van der Waals surface area contributed by atoms with Crippen molar-refractivity contribution in [2.24, 2.45) is 0 Å². The summed E-state index contributed by atoms with van der Waals surface area (Å²) in [6.45, 7) is 0.0400. The van der Waals surface area contributed by atoms with Crippen LogP contribution < -0.4 is 5.32 Å². The number of nitro groups is 1. The third kappa shape index (κ3) is 3.02. The van der Waals surface area contributed by atoms with Crippen LogP contribution in [0.2, 0.25) is 0 Å². The SMILES string of the molecule is O=[N+]([O-])c1ccc(CNc2cc(F)cc(F)c2F)s1. The maximum Gasteiger partial charge on any atom is 0.324 e. The van der Waals surface area contributed by atoms with Crippen molar-refractivity contribution in [3.8, 4) is 0 Å². The van der Waals surface area contributed by atoms with Gasteiger partial charge in [0.2, 0.25) is 0 Å². The normalized spacial score (nSPS) is 10.5. The summed E-state index contributed by atoms with van der Waals surface area (Å²) in [6.07, 6.45) is 0. The zero-order valence-electron chi connectivity index (χ0n) is 9.32. The van der Waals surface area contributed by atoms with Gasteiger partial charge in [-0.3, -0.25) is 10.1 Å². The average Bonchev–Trinajstić information content (AvgIpc) is 2.81. The van der Waals surface area contributed by atoms with Crippen molar-refractivity contribution in [3.05, 3.63) is 56.7 Å². The molecule has 1 N–H and O–H groups in total. The minimum atomic E-state index is -1.29. The van der Waals surface area contributed by atoms with Gasteiger partial charge in [0, 0.05) is 29.6 Å². The third-order valence-corrected chi connectivity index (χ3v) is 3.31. The maximum absolute atomic E-state index is 13.3. The van der Waals surface area contributed by atoms with E-state index in [4.69, 9.17) is 0 Å². The van der Waals surface area contributed by atoms with Gasteiger partial charge in [0.05, 0.1) is 10.6 Å². The number of halogens is 3. The molecule has 0 spiro atoms. The standard InChI is InChI=1S/C11H7F3N2O2S/c12-6-3-8(13)11(14)9(4-6)15-5-7-1-2-10(19-7)16(17)18/h1-4,15H,5H2. The Bertz CT molecular complexity index is 630. The summed E-state index contributed by atoms with van der Waals surface area (Å²) >= 11 is 0.903. The highest BCUT2D eigenvalue weighted by molar-refractivity contribution is 7.15. The van der Waals surface area contributed by atoms with Gasteiger partial charge in [-0.25, -0.2) is 13.2 Å². The molecule has 0 amide bonds. The molecule has 0 aliphatic carbocycles. The van der Waals surface area contributed by atoms with E-state index in [0.29, 0.717) is 10.9 Å². The first-order chi connectivity index (χ1) is 8.97. The number of hydrogen-bond acceptors (Lipinski definition) is 4. The third-order valence-electron chi connectivity index (χ3n) is 2.27. The monoisotopic (exact) mass is 288 g/mol. The summed E-state index contributed by atoms with van der Waals surface area (Å²) in [5.74, 6) is -3.38. The molecule has 2 aromatic rings. The van der Waals surface area contributed by atoms with Crippen molar-refractivity contribution in [2.45, 2.75) is 6.54 Å². The number of nitrogens with one attached hydrogen (secondary N) is 1. The topological polar surface area (TPSA) is 55.2 Å². The first kappa shape index (κ1) is 13.3. The fourth-order valence-corrected chi connectivity index (χ4v) is 2.19. The average molecular weight is 288 g/mol. The summed E-state index contributed by atoms with van der Waals surface area (Å²) in [6, 6.07) is 4.06. The van der Waals surface area contributed by atoms with Crippen molar-refractivity contribution >= 4 is 22.0 Å². The summed E-state index contributed by atoms with van der Waals surface area (Å²) in [5.41, 5.74) is -0.325. The van der Waals surface area contributed by atoms with Crippen LogP contribution in [0.5, 0.6) is 0 Å². The summed E-state index contributed by atoms with van der Waals surface area (Å²) < 4.78 is 39.2. The van der Waals surface area contributed by atoms with Crippen molar-refractivity contribution < 1.29 is 18.1 Å². The Labute approximate surface area is 109 Å². The minimum absolute atomic E-state index is 0.0400. The Hall–Kier alpha value is -2.09. The van der Waals surface area contributed by atoms with E-state index in [1.165, 1.54) is 12.1 Å². The van der Waals surface area contributed by atoms with Crippen LogP contribution in [0, 0.1) is 27.6 Å². The molecule has 8 heteroatoms. The molecule has 0 fully saturated rings. The van der Waals surface area contributed by atoms with Crippen LogP contribution >= 0.6 is 11.3 Å². The van der Waals surface area contributed by atoms with E-state index in [-0.39, 0.29) is 17.2 Å². The fourth-order valence-electron chi connectivity index (χ4n) is 1.43. The lowest BCUT2D eigenvalue weighted by Gasteiger charge is -2.06. The van der Waals surface area contributed by atoms with Gasteiger partial charge in [0.25, 0.3) is 0 Å². The Kier molecular flexibility index (Phi) is 3.70. The van der Waals surface area contributed by atoms with Gasteiger partial charge < -0.3 is 5.32 Å². The molecule has 0 atom stereocenters. The highest BCUT2D eigenvalue weighted by Crippen LogP contribution is 2.25. The molecule has 0 aliphatic heterocycles. The molecular formula is C11H7F3N2O2S. The van der Waals surface area contributed by atoms with Crippen LogP contribution in [0.15, 0.2) is 24.3 Å². The van der Waals surface area contributed by atoms with Gasteiger partial charge in [-0.1, -0.05) is 11.3 Å². The number of hydrogen-bond donors (Lipinski definition) is 1. The molecule has 0 bridgehead atoms. The minimum Gasteiger partial charge on any atom is -0.378 e. The first-order valence-electron chi connectivity index (χ1n) is 5.09. The zero-order chi connectivity index (χ0) is 14.0. The number of rotatable bonds is 4. The molecule has 4 nitrogen and oxygen atoms in total. The summed E-state index contributed by atoms with van der Waals surface area (Å²) in [7, 11) is 0. The van der Waals surface area contributed by atoms with E-state index in [2.05, 4.69) is 5.32 Å². The second kappa shape index (κ2) is 5.27. The van der Waals surface area contributed by atoms with Crippen molar-refractivity contribution in [1.82, 2.24) is 0 Å². The molecule has 0 aliphatic rings. The van der Waals surface area contributed by atoms with Crippen LogP contribution in [0.3, 0.4) is 0 Å². The maximum atomic E-state index is 13.3. The van der Waals surface area contributed by atoms with Crippen LogP contribution in [0.4, 0.5) is 23.9 Å². The predicted molar refractivity (Wildman–Crippen MR) is 64.6 cm³/mol. The van der Waals surface area contributed by atoms with Crippen molar-refractivity contribution in [3.63, 3.8) is 0 Å². The molecule has 0 saturated carbocycles. The number of thiophene rings is 1. The number of anilines is 1. The highest BCUT2D eigenvalue weighted by Gasteiger charge is 2.13. The molecular weight excluding hydrogens is 281 g/mol. The van der Waals surface area contributed by atoms with Gasteiger partial charge in [-0.15, -0.1) is 0 Å². The Morgan fingerprint density at radius 3 is 2.63 bits per heavy atom. The van der Waals surface area contributed by atoms with E-state index in [1.807, 2.05) is 0 Å². The number of nitrogens with zero attached hydrogens (tertiary/aromatic N) is 1. The Balaban J connectivity index is 2.12. The van der Waals surface area contributed by atoms with E-state index >= 15 is 0 Å². The second-order valence-corrected chi connectivity index (χ2v) is 4.75. The lowest BCUT2D eigenvalue weighted by molar-refractivity contribution is -0.380. The summed E-state index contributed by atoms with van der Waals surface area (Å²) in [5, 5.41) is 12.9. The first-order valence-corrected chi connectivity index (χ1v) is 5.90. The Morgan fingerprint density at radius 1 is 1.26 bits per heavy atom. The van der Waals surface area contributed by atoms with Crippen LogP contribution in [-0.2, 0) is 6.54 Å². The second-order valence-electron chi connectivity index (χ2n) is 3.60. The number of benzene rings is 1. The van der Waals surface area contributed by atoms with Gasteiger partial charge in [-0.05, 0) is 6.07 Å². The van der Waals surface area contributed by atoms with Gasteiger partial charge >= 0.3 is 5.00 Å². The largest absolute Gasteiger partial charge is 0.378 e. The fraction of sp³-hybridized carbons (Fsp3) is 0.0909. The zero-order valence-corrected chi connectivity index (χ0v) is 10.1. The van der Waals surface area contributed by atoms with Crippen molar-refractivity contribution in [1.29, 1.82) is 0 Å². The van der Waals surface area contributed by atoms with Crippen LogP contribution in [-0.4, -0.2) is 4.92 Å². The molecule has 2 rings (SSSR count). The van der Waals surface area contributed by atoms with Gasteiger partial charge in [0.1, 0.15) is 5.82 Å².